The van der Waals surface area contributed by atoms with Gasteiger partial charge in [-0.3, -0.25) is 4.98 Å². The van der Waals surface area contributed by atoms with Gasteiger partial charge in [-0.1, -0.05) is 0 Å². The van der Waals surface area contributed by atoms with E-state index in [4.69, 9.17) is 4.78 Å². The third-order valence-electron chi connectivity index (χ3n) is 1.51. The molecule has 1 heterocycles. The normalized spacial score (nSPS) is 15.9. The molecule has 1 atom stereocenters. The standard InChI is InChI=1S/C7H11N3OS/c1-6(2)12(8,11)7-5-9-3-4-10-7/h3-6,8H,1-2H3. The van der Waals surface area contributed by atoms with Gasteiger partial charge in [0, 0.05) is 17.6 Å². The largest absolute Gasteiger partial charge is 0.260 e. The third-order valence-corrected chi connectivity index (χ3v) is 3.67. The maximum absolute atomic E-state index is 11.7. The van der Waals surface area contributed by atoms with Gasteiger partial charge in [0.2, 0.25) is 0 Å². The molecule has 0 fully saturated rings. The Kier molecular flexibility index (Phi) is 2.42. The molecule has 5 heteroatoms. The summed E-state index contributed by atoms with van der Waals surface area (Å²) < 4.78 is 19.2. The first kappa shape index (κ1) is 9.12. The molecule has 1 unspecified atom stereocenters. The van der Waals surface area contributed by atoms with Crippen LogP contribution < -0.4 is 0 Å². The van der Waals surface area contributed by atoms with Gasteiger partial charge in [-0.15, -0.1) is 0 Å². The fourth-order valence-electron chi connectivity index (χ4n) is 0.684. The van der Waals surface area contributed by atoms with E-state index >= 15 is 0 Å². The third kappa shape index (κ3) is 1.61. The second-order valence-electron chi connectivity index (χ2n) is 2.69. The second-order valence-corrected chi connectivity index (χ2v) is 5.26. The van der Waals surface area contributed by atoms with Crippen LogP contribution in [0.15, 0.2) is 23.6 Å². The molecule has 66 valence electrons. The highest BCUT2D eigenvalue weighted by atomic mass is 32.2. The van der Waals surface area contributed by atoms with Gasteiger partial charge in [0.25, 0.3) is 0 Å². The average Bonchev–Trinajstić information content (AvgIpc) is 2.06. The van der Waals surface area contributed by atoms with Crippen molar-refractivity contribution >= 4 is 9.73 Å². The van der Waals surface area contributed by atoms with Gasteiger partial charge in [-0.05, 0) is 13.8 Å². The van der Waals surface area contributed by atoms with Gasteiger partial charge in [0.15, 0.2) is 5.03 Å². The maximum atomic E-state index is 11.7. The Morgan fingerprint density at radius 3 is 2.58 bits per heavy atom. The Balaban J connectivity index is 3.17. The van der Waals surface area contributed by atoms with Crippen molar-refractivity contribution in [3.63, 3.8) is 0 Å². The first-order valence-corrected chi connectivity index (χ1v) is 5.21. The van der Waals surface area contributed by atoms with Crippen LogP contribution in [0, 0.1) is 4.78 Å². The lowest BCUT2D eigenvalue weighted by molar-refractivity contribution is 0.663. The molecule has 1 aromatic heterocycles. The van der Waals surface area contributed by atoms with Crippen molar-refractivity contribution < 1.29 is 4.21 Å². The van der Waals surface area contributed by atoms with E-state index in [1.165, 1.54) is 18.6 Å². The van der Waals surface area contributed by atoms with Gasteiger partial charge in [-0.2, -0.15) is 0 Å². The highest BCUT2D eigenvalue weighted by Gasteiger charge is 2.15. The van der Waals surface area contributed by atoms with Crippen LogP contribution in [-0.2, 0) is 9.73 Å². The number of hydrogen-bond acceptors (Lipinski definition) is 4. The number of aromatic nitrogens is 2. The van der Waals surface area contributed by atoms with E-state index in [0.29, 0.717) is 0 Å². The van der Waals surface area contributed by atoms with Crippen molar-refractivity contribution in [2.75, 3.05) is 0 Å². The summed E-state index contributed by atoms with van der Waals surface area (Å²) in [5.41, 5.74) is 0. The Hall–Kier alpha value is -0.970. The molecule has 0 bridgehead atoms. The summed E-state index contributed by atoms with van der Waals surface area (Å²) in [5.74, 6) is 0. The zero-order valence-electron chi connectivity index (χ0n) is 7.02. The molecule has 4 nitrogen and oxygen atoms in total. The molecule has 0 aromatic carbocycles. The molecule has 0 saturated carbocycles. The Morgan fingerprint density at radius 2 is 2.17 bits per heavy atom. The molecule has 1 N–H and O–H groups in total. The van der Waals surface area contributed by atoms with Crippen LogP contribution in [-0.4, -0.2) is 19.4 Å². The van der Waals surface area contributed by atoms with Crippen molar-refractivity contribution in [3.05, 3.63) is 18.6 Å². The van der Waals surface area contributed by atoms with E-state index in [1.807, 2.05) is 0 Å². The molecule has 0 spiro atoms. The second kappa shape index (κ2) is 3.18. The van der Waals surface area contributed by atoms with Crippen molar-refractivity contribution in [1.29, 1.82) is 4.78 Å². The van der Waals surface area contributed by atoms with E-state index in [-0.39, 0.29) is 10.3 Å². The highest BCUT2D eigenvalue weighted by Crippen LogP contribution is 2.11. The minimum absolute atomic E-state index is 0.228. The lowest BCUT2D eigenvalue weighted by Gasteiger charge is -2.08. The summed E-state index contributed by atoms with van der Waals surface area (Å²) in [4.78, 5) is 7.62. The van der Waals surface area contributed by atoms with Crippen molar-refractivity contribution in [2.24, 2.45) is 0 Å². The molecular formula is C7H11N3OS. The van der Waals surface area contributed by atoms with Gasteiger partial charge < -0.3 is 0 Å². The maximum Gasteiger partial charge on any atom is 0.154 e. The summed E-state index contributed by atoms with van der Waals surface area (Å²) in [6.07, 6.45) is 4.33. The highest BCUT2D eigenvalue weighted by molar-refractivity contribution is 7.92. The predicted octanol–water partition coefficient (Wildman–Crippen LogP) is 1.29. The summed E-state index contributed by atoms with van der Waals surface area (Å²) in [5, 5.41) is 0.0363. The number of hydrogen-bond donors (Lipinski definition) is 1. The Labute approximate surface area is 72.0 Å². The van der Waals surface area contributed by atoms with Gasteiger partial charge in [0.1, 0.15) is 0 Å². The average molecular weight is 185 g/mol. The molecule has 0 aliphatic heterocycles. The SMILES string of the molecule is CC(C)S(=N)(=O)c1cnccn1. The Bertz CT molecular complexity index is 344. The first-order valence-electron chi connectivity index (χ1n) is 3.59. The fourth-order valence-corrected chi connectivity index (χ4v) is 1.60. The van der Waals surface area contributed by atoms with Gasteiger partial charge >= 0.3 is 0 Å². The van der Waals surface area contributed by atoms with E-state index in [2.05, 4.69) is 9.97 Å². The van der Waals surface area contributed by atoms with Crippen molar-refractivity contribution in [3.8, 4) is 0 Å². The summed E-state index contributed by atoms with van der Waals surface area (Å²) >= 11 is 0. The van der Waals surface area contributed by atoms with E-state index < -0.39 is 9.73 Å². The minimum Gasteiger partial charge on any atom is -0.260 e. The topological polar surface area (TPSA) is 66.7 Å². The van der Waals surface area contributed by atoms with Crippen LogP contribution in [0.1, 0.15) is 13.8 Å². The van der Waals surface area contributed by atoms with Crippen LogP contribution in [0.2, 0.25) is 0 Å². The molecule has 1 rings (SSSR count). The van der Waals surface area contributed by atoms with E-state index in [1.54, 1.807) is 13.8 Å². The summed E-state index contributed by atoms with van der Waals surface area (Å²) in [6.45, 7) is 3.48. The minimum atomic E-state index is -2.75. The molecule has 0 saturated heterocycles. The van der Waals surface area contributed by atoms with Crippen LogP contribution in [0.5, 0.6) is 0 Å². The molecular weight excluding hydrogens is 174 g/mol. The van der Waals surface area contributed by atoms with Gasteiger partial charge in [0.05, 0.1) is 15.9 Å². The smallest absolute Gasteiger partial charge is 0.154 e. The zero-order chi connectivity index (χ0) is 9.19. The number of rotatable bonds is 2. The van der Waals surface area contributed by atoms with Gasteiger partial charge in [-0.25, -0.2) is 14.0 Å². The first-order chi connectivity index (χ1) is 5.55. The van der Waals surface area contributed by atoms with Crippen LogP contribution in [0.3, 0.4) is 0 Å². The van der Waals surface area contributed by atoms with E-state index in [9.17, 15) is 4.21 Å². The summed E-state index contributed by atoms with van der Waals surface area (Å²) in [6, 6.07) is 0. The lowest BCUT2D eigenvalue weighted by Crippen LogP contribution is -2.13. The Morgan fingerprint density at radius 1 is 1.50 bits per heavy atom. The predicted molar refractivity (Wildman–Crippen MR) is 46.3 cm³/mol. The summed E-state index contributed by atoms with van der Waals surface area (Å²) in [7, 11) is -2.75. The monoisotopic (exact) mass is 185 g/mol. The quantitative estimate of drug-likeness (QED) is 0.755. The molecule has 0 amide bonds. The molecule has 0 radical (unpaired) electrons. The molecule has 0 aliphatic rings. The van der Waals surface area contributed by atoms with Crippen molar-refractivity contribution in [1.82, 2.24) is 9.97 Å². The zero-order valence-corrected chi connectivity index (χ0v) is 7.84. The van der Waals surface area contributed by atoms with Crippen LogP contribution in [0.25, 0.3) is 0 Å². The molecule has 12 heavy (non-hydrogen) atoms. The van der Waals surface area contributed by atoms with E-state index in [0.717, 1.165) is 0 Å². The molecule has 1 aromatic rings. The number of nitrogens with zero attached hydrogens (tertiary/aromatic N) is 2. The fraction of sp³-hybridized carbons (Fsp3) is 0.429. The number of nitrogens with one attached hydrogen (secondary N) is 1. The van der Waals surface area contributed by atoms with Crippen molar-refractivity contribution in [2.45, 2.75) is 24.1 Å². The lowest BCUT2D eigenvalue weighted by atomic mass is 10.6. The van der Waals surface area contributed by atoms with Crippen LogP contribution in [0.4, 0.5) is 0 Å². The molecule has 0 aliphatic carbocycles. The van der Waals surface area contributed by atoms with Crippen LogP contribution >= 0.6 is 0 Å².